The first-order valence-corrected chi connectivity index (χ1v) is 9.28. The number of H-pyrrole nitrogens is 1. The Morgan fingerprint density at radius 3 is 3.04 bits per heavy atom. The van der Waals surface area contributed by atoms with Crippen molar-refractivity contribution in [3.63, 3.8) is 0 Å². The lowest BCUT2D eigenvalue weighted by atomic mass is 9.99. The summed E-state index contributed by atoms with van der Waals surface area (Å²) >= 11 is 1.53. The highest BCUT2D eigenvalue weighted by Crippen LogP contribution is 2.26. The van der Waals surface area contributed by atoms with Crippen LogP contribution in [0.3, 0.4) is 0 Å². The van der Waals surface area contributed by atoms with Crippen molar-refractivity contribution in [2.45, 2.75) is 36.6 Å². The summed E-state index contributed by atoms with van der Waals surface area (Å²) in [5, 5.41) is 15.8. The molecular weight excluding hydrogens is 340 g/mol. The maximum absolute atomic E-state index is 12.1. The van der Waals surface area contributed by atoms with Crippen LogP contribution >= 0.6 is 11.8 Å². The van der Waals surface area contributed by atoms with Crippen LogP contribution in [0, 0.1) is 6.92 Å². The van der Waals surface area contributed by atoms with Crippen molar-refractivity contribution in [1.82, 2.24) is 39.7 Å². The third kappa shape index (κ3) is 3.19. The van der Waals surface area contributed by atoms with Crippen LogP contribution in [-0.2, 0) is 12.8 Å². The van der Waals surface area contributed by atoms with Gasteiger partial charge in [0.25, 0.3) is 11.3 Å². The summed E-state index contributed by atoms with van der Waals surface area (Å²) in [4.78, 5) is 20.8. The van der Waals surface area contributed by atoms with Crippen molar-refractivity contribution in [3.8, 4) is 0 Å². The van der Waals surface area contributed by atoms with Crippen molar-refractivity contribution >= 4 is 17.5 Å². The molecule has 0 spiro atoms. The van der Waals surface area contributed by atoms with Gasteiger partial charge in [-0.3, -0.25) is 9.89 Å². The number of nitrogens with zero attached hydrogens (tertiary/aromatic N) is 6. The Morgan fingerprint density at radius 1 is 1.36 bits per heavy atom. The molecule has 4 rings (SSSR count). The van der Waals surface area contributed by atoms with E-state index in [4.69, 9.17) is 0 Å². The van der Waals surface area contributed by atoms with E-state index in [9.17, 15) is 4.79 Å². The van der Waals surface area contributed by atoms with E-state index in [1.807, 2.05) is 11.6 Å². The van der Waals surface area contributed by atoms with E-state index >= 15 is 0 Å². The monoisotopic (exact) mass is 360 g/mol. The van der Waals surface area contributed by atoms with Gasteiger partial charge in [-0.1, -0.05) is 11.8 Å². The highest BCUT2D eigenvalue weighted by molar-refractivity contribution is 7.98. The average molecular weight is 360 g/mol. The second kappa shape index (κ2) is 6.60. The molecule has 0 unspecified atom stereocenters. The number of nitrogens with one attached hydrogen (secondary N) is 2. The summed E-state index contributed by atoms with van der Waals surface area (Å²) in [6.45, 7) is 3.82. The first-order valence-electron chi connectivity index (χ1n) is 8.30. The van der Waals surface area contributed by atoms with Crippen LogP contribution < -0.4 is 10.9 Å². The Balaban J connectivity index is 1.51. The van der Waals surface area contributed by atoms with Gasteiger partial charge in [-0.15, -0.1) is 10.2 Å². The fourth-order valence-corrected chi connectivity index (χ4v) is 3.94. The number of aryl methyl sites for hydroxylation is 1. The standard InChI is InChI=1S/C15H20N8OS/c1-9-17-14-18-11(6-12(24)23(14)21-9)8-25-15-20-19-13(22(15)2)10-4-3-5-16-7-10/h6,10,16H,3-5,7-8H2,1-2H3,(H,17,18,21)/t10-/m1/s1. The van der Waals surface area contributed by atoms with Crippen molar-refractivity contribution < 1.29 is 0 Å². The maximum Gasteiger partial charge on any atom is 0.274 e. The van der Waals surface area contributed by atoms with Gasteiger partial charge >= 0.3 is 0 Å². The molecule has 0 aromatic carbocycles. The van der Waals surface area contributed by atoms with Gasteiger partial charge in [0.1, 0.15) is 11.6 Å². The molecule has 132 valence electrons. The molecule has 0 radical (unpaired) electrons. The van der Waals surface area contributed by atoms with Gasteiger partial charge in [0, 0.05) is 31.3 Å². The topological polar surface area (TPSA) is 106 Å². The molecule has 25 heavy (non-hydrogen) atoms. The summed E-state index contributed by atoms with van der Waals surface area (Å²) in [6, 6.07) is 1.53. The SMILES string of the molecule is Cc1nc2nc(CSc3nnc([C@@H]4CCCNC4)n3C)cc(=O)n2[nH]1. The summed E-state index contributed by atoms with van der Waals surface area (Å²) in [7, 11) is 1.99. The number of piperidine rings is 1. The minimum Gasteiger partial charge on any atom is -0.316 e. The quantitative estimate of drug-likeness (QED) is 0.657. The predicted octanol–water partition coefficient (Wildman–Crippen LogP) is 0.614. The van der Waals surface area contributed by atoms with Gasteiger partial charge in [0.15, 0.2) is 5.16 Å². The number of hydrogen-bond acceptors (Lipinski definition) is 7. The lowest BCUT2D eigenvalue weighted by Crippen LogP contribution is -2.29. The van der Waals surface area contributed by atoms with E-state index in [0.29, 0.717) is 29.0 Å². The number of aromatic amines is 1. The van der Waals surface area contributed by atoms with E-state index in [-0.39, 0.29) is 5.56 Å². The zero-order valence-electron chi connectivity index (χ0n) is 14.2. The summed E-state index contributed by atoms with van der Waals surface area (Å²) in [6.07, 6.45) is 2.30. The second-order valence-electron chi connectivity index (χ2n) is 6.26. The van der Waals surface area contributed by atoms with Crippen molar-refractivity contribution in [2.24, 2.45) is 7.05 Å². The molecule has 1 atom stereocenters. The van der Waals surface area contributed by atoms with Crippen molar-refractivity contribution in [1.29, 1.82) is 0 Å². The summed E-state index contributed by atoms with van der Waals surface area (Å²) < 4.78 is 3.40. The van der Waals surface area contributed by atoms with Gasteiger partial charge in [-0.2, -0.15) is 9.50 Å². The molecule has 10 heteroatoms. The highest BCUT2D eigenvalue weighted by atomic mass is 32.2. The number of fused-ring (bicyclic) bond motifs is 1. The number of hydrogen-bond donors (Lipinski definition) is 2. The van der Waals surface area contributed by atoms with Gasteiger partial charge in [0.05, 0.1) is 5.69 Å². The van der Waals surface area contributed by atoms with E-state index in [1.54, 1.807) is 6.92 Å². The second-order valence-corrected chi connectivity index (χ2v) is 7.20. The molecule has 0 saturated carbocycles. The number of aromatic nitrogens is 7. The molecule has 4 heterocycles. The van der Waals surface area contributed by atoms with E-state index in [0.717, 1.165) is 36.9 Å². The number of thioether (sulfide) groups is 1. The molecule has 3 aromatic heterocycles. The fourth-order valence-electron chi connectivity index (χ4n) is 3.13. The molecular formula is C15H20N8OS. The van der Waals surface area contributed by atoms with Crippen LogP contribution in [-0.4, -0.2) is 47.4 Å². The molecule has 1 aliphatic heterocycles. The van der Waals surface area contributed by atoms with Gasteiger partial charge in [-0.05, 0) is 26.3 Å². The van der Waals surface area contributed by atoms with E-state index in [2.05, 4.69) is 30.6 Å². The molecule has 0 bridgehead atoms. The minimum atomic E-state index is -0.159. The molecule has 0 amide bonds. The van der Waals surface area contributed by atoms with Crippen LogP contribution in [0.15, 0.2) is 16.0 Å². The molecule has 1 fully saturated rings. The Morgan fingerprint density at radius 2 is 2.24 bits per heavy atom. The fraction of sp³-hybridized carbons (Fsp3) is 0.533. The van der Waals surface area contributed by atoms with Gasteiger partial charge in [-0.25, -0.2) is 4.98 Å². The number of rotatable bonds is 4. The summed E-state index contributed by atoms with van der Waals surface area (Å²) in [5.41, 5.74) is 0.526. The van der Waals surface area contributed by atoms with Crippen LogP contribution in [0.1, 0.15) is 36.1 Å². The third-order valence-electron chi connectivity index (χ3n) is 4.38. The lowest BCUT2D eigenvalue weighted by Gasteiger charge is -2.21. The lowest BCUT2D eigenvalue weighted by molar-refractivity contribution is 0.436. The van der Waals surface area contributed by atoms with Crippen LogP contribution in [0.4, 0.5) is 0 Å². The Labute approximate surface area is 148 Å². The highest BCUT2D eigenvalue weighted by Gasteiger charge is 2.21. The summed E-state index contributed by atoms with van der Waals surface area (Å²) in [5.74, 6) is 3.03. The minimum absolute atomic E-state index is 0.159. The molecule has 1 aliphatic rings. The van der Waals surface area contributed by atoms with Crippen molar-refractivity contribution in [3.05, 3.63) is 33.8 Å². The zero-order valence-corrected chi connectivity index (χ0v) is 15.0. The van der Waals surface area contributed by atoms with Gasteiger partial charge in [0.2, 0.25) is 0 Å². The largest absolute Gasteiger partial charge is 0.316 e. The molecule has 2 N–H and O–H groups in total. The Kier molecular flexibility index (Phi) is 4.30. The molecule has 1 saturated heterocycles. The molecule has 9 nitrogen and oxygen atoms in total. The normalized spacial score (nSPS) is 18.1. The van der Waals surface area contributed by atoms with E-state index in [1.165, 1.54) is 22.3 Å². The molecule has 0 aliphatic carbocycles. The van der Waals surface area contributed by atoms with Crippen molar-refractivity contribution in [2.75, 3.05) is 13.1 Å². The van der Waals surface area contributed by atoms with Crippen LogP contribution in [0.5, 0.6) is 0 Å². The van der Waals surface area contributed by atoms with Crippen LogP contribution in [0.2, 0.25) is 0 Å². The average Bonchev–Trinajstić information content (AvgIpc) is 3.16. The predicted molar refractivity (Wildman–Crippen MR) is 93.8 cm³/mol. The van der Waals surface area contributed by atoms with Gasteiger partial charge < -0.3 is 9.88 Å². The Hall–Kier alpha value is -2.20. The third-order valence-corrected chi connectivity index (χ3v) is 5.43. The molecule has 3 aromatic rings. The zero-order chi connectivity index (χ0) is 17.4. The Bertz CT molecular complexity index is 952. The van der Waals surface area contributed by atoms with Crippen LogP contribution in [0.25, 0.3) is 5.78 Å². The van der Waals surface area contributed by atoms with E-state index < -0.39 is 0 Å². The maximum atomic E-state index is 12.1. The first kappa shape index (κ1) is 16.3. The first-order chi connectivity index (χ1) is 12.1. The smallest absolute Gasteiger partial charge is 0.274 e.